The van der Waals surface area contributed by atoms with E-state index in [1.165, 1.54) is 25.7 Å². The van der Waals surface area contributed by atoms with Gasteiger partial charge in [-0.25, -0.2) is 0 Å². The molecule has 0 saturated carbocycles. The normalized spacial score (nSPS) is 10.5. The van der Waals surface area contributed by atoms with Gasteiger partial charge in [0.15, 0.2) is 5.78 Å². The summed E-state index contributed by atoms with van der Waals surface area (Å²) < 4.78 is 5.56. The van der Waals surface area contributed by atoms with E-state index < -0.39 is 0 Å². The Hall–Kier alpha value is -1.31. The number of ketones is 1. The second kappa shape index (κ2) is 10.5. The van der Waals surface area contributed by atoms with Crippen LogP contribution in [0.5, 0.6) is 5.75 Å². The van der Waals surface area contributed by atoms with Crippen LogP contribution in [0.2, 0.25) is 0 Å². The van der Waals surface area contributed by atoms with Crippen molar-refractivity contribution in [2.45, 2.75) is 65.2 Å². The van der Waals surface area contributed by atoms with E-state index in [0.717, 1.165) is 30.6 Å². The predicted octanol–water partition coefficient (Wildman–Crippen LogP) is 5.41. The first-order valence-electron chi connectivity index (χ1n) is 8.04. The lowest BCUT2D eigenvalue weighted by molar-refractivity contribution is 0.0978. The molecule has 1 aromatic carbocycles. The van der Waals surface area contributed by atoms with Crippen molar-refractivity contribution in [3.63, 3.8) is 0 Å². The molecule has 20 heavy (non-hydrogen) atoms. The minimum atomic E-state index is 0.238. The van der Waals surface area contributed by atoms with Gasteiger partial charge in [-0.1, -0.05) is 58.1 Å². The summed E-state index contributed by atoms with van der Waals surface area (Å²) in [4.78, 5) is 12.1. The number of benzene rings is 1. The topological polar surface area (TPSA) is 26.3 Å². The van der Waals surface area contributed by atoms with Gasteiger partial charge >= 0.3 is 0 Å². The SMILES string of the molecule is CCCCCCCCC(=O)c1cccc(OCCC)c1. The molecule has 0 heterocycles. The van der Waals surface area contributed by atoms with Crippen LogP contribution in [0.3, 0.4) is 0 Å². The second-order valence-electron chi connectivity index (χ2n) is 5.32. The number of unbranched alkanes of at least 4 members (excludes halogenated alkanes) is 5. The Morgan fingerprint density at radius 1 is 1.00 bits per heavy atom. The number of carbonyl (C=O) groups is 1. The van der Waals surface area contributed by atoms with E-state index in [1.54, 1.807) is 0 Å². The van der Waals surface area contributed by atoms with E-state index in [4.69, 9.17) is 4.74 Å². The van der Waals surface area contributed by atoms with E-state index >= 15 is 0 Å². The summed E-state index contributed by atoms with van der Waals surface area (Å²) in [6, 6.07) is 7.57. The van der Waals surface area contributed by atoms with Crippen molar-refractivity contribution in [2.75, 3.05) is 6.61 Å². The van der Waals surface area contributed by atoms with Crippen LogP contribution in [0.25, 0.3) is 0 Å². The van der Waals surface area contributed by atoms with Crippen LogP contribution in [0.1, 0.15) is 75.6 Å². The predicted molar refractivity (Wildman–Crippen MR) is 84.6 cm³/mol. The lowest BCUT2D eigenvalue weighted by Gasteiger charge is -2.06. The molecule has 2 heteroatoms. The van der Waals surface area contributed by atoms with Gasteiger partial charge in [0.05, 0.1) is 6.61 Å². The molecule has 0 amide bonds. The first-order valence-corrected chi connectivity index (χ1v) is 8.04. The van der Waals surface area contributed by atoms with Crippen LogP contribution in [0.4, 0.5) is 0 Å². The highest BCUT2D eigenvalue weighted by Crippen LogP contribution is 2.16. The summed E-state index contributed by atoms with van der Waals surface area (Å²) in [5, 5.41) is 0. The van der Waals surface area contributed by atoms with Crippen molar-refractivity contribution in [3.8, 4) is 5.75 Å². The molecule has 0 unspecified atom stereocenters. The van der Waals surface area contributed by atoms with Crippen molar-refractivity contribution in [3.05, 3.63) is 29.8 Å². The molecule has 1 aromatic rings. The fourth-order valence-corrected chi connectivity index (χ4v) is 2.19. The van der Waals surface area contributed by atoms with Gasteiger partial charge in [-0.15, -0.1) is 0 Å². The van der Waals surface area contributed by atoms with Crippen molar-refractivity contribution in [2.24, 2.45) is 0 Å². The first-order chi connectivity index (χ1) is 9.77. The van der Waals surface area contributed by atoms with Gasteiger partial charge in [-0.05, 0) is 25.0 Å². The fraction of sp³-hybridized carbons (Fsp3) is 0.611. The number of Topliss-reactive ketones (excluding diaryl/α,β-unsaturated/α-hetero) is 1. The zero-order valence-corrected chi connectivity index (χ0v) is 13.0. The zero-order chi connectivity index (χ0) is 14.6. The molecule has 1 rings (SSSR count). The quantitative estimate of drug-likeness (QED) is 0.399. The first kappa shape index (κ1) is 16.7. The maximum atomic E-state index is 12.1. The van der Waals surface area contributed by atoms with E-state index in [2.05, 4.69) is 13.8 Å². The Balaban J connectivity index is 2.31. The number of hydrogen-bond donors (Lipinski definition) is 0. The van der Waals surface area contributed by atoms with Crippen LogP contribution in [0, 0.1) is 0 Å². The number of ether oxygens (including phenoxy) is 1. The smallest absolute Gasteiger partial charge is 0.163 e. The fourth-order valence-electron chi connectivity index (χ4n) is 2.19. The molecule has 2 nitrogen and oxygen atoms in total. The minimum Gasteiger partial charge on any atom is -0.494 e. The summed E-state index contributed by atoms with van der Waals surface area (Å²) in [5.41, 5.74) is 0.784. The Morgan fingerprint density at radius 2 is 1.75 bits per heavy atom. The molecular weight excluding hydrogens is 248 g/mol. The van der Waals surface area contributed by atoms with Crippen LogP contribution >= 0.6 is 0 Å². The summed E-state index contributed by atoms with van der Waals surface area (Å²) in [7, 11) is 0. The van der Waals surface area contributed by atoms with Crippen molar-refractivity contribution < 1.29 is 9.53 Å². The lowest BCUT2D eigenvalue weighted by Crippen LogP contribution is -2.01. The minimum absolute atomic E-state index is 0.238. The average Bonchev–Trinajstić information content (AvgIpc) is 2.48. The second-order valence-corrected chi connectivity index (χ2v) is 5.32. The Morgan fingerprint density at radius 3 is 2.50 bits per heavy atom. The molecule has 112 valence electrons. The molecule has 0 fully saturated rings. The summed E-state index contributed by atoms with van der Waals surface area (Å²) in [5.74, 6) is 1.04. The van der Waals surface area contributed by atoms with E-state index in [0.29, 0.717) is 13.0 Å². The molecule has 0 bridgehead atoms. The van der Waals surface area contributed by atoms with Crippen LogP contribution in [0.15, 0.2) is 24.3 Å². The van der Waals surface area contributed by atoms with Gasteiger partial charge in [0, 0.05) is 12.0 Å². The number of rotatable bonds is 11. The molecule has 0 saturated heterocycles. The van der Waals surface area contributed by atoms with E-state index in [1.807, 2.05) is 24.3 Å². The molecule has 0 radical (unpaired) electrons. The average molecular weight is 276 g/mol. The van der Waals surface area contributed by atoms with Crippen molar-refractivity contribution >= 4 is 5.78 Å². The summed E-state index contributed by atoms with van der Waals surface area (Å²) >= 11 is 0. The zero-order valence-electron chi connectivity index (χ0n) is 13.0. The number of hydrogen-bond acceptors (Lipinski definition) is 2. The lowest BCUT2D eigenvalue weighted by atomic mass is 10.0. The van der Waals surface area contributed by atoms with E-state index in [-0.39, 0.29) is 5.78 Å². The third-order valence-electron chi connectivity index (χ3n) is 3.39. The van der Waals surface area contributed by atoms with Gasteiger partial charge in [0.1, 0.15) is 5.75 Å². The third-order valence-corrected chi connectivity index (χ3v) is 3.39. The molecule has 0 atom stereocenters. The van der Waals surface area contributed by atoms with Crippen molar-refractivity contribution in [1.29, 1.82) is 0 Å². The molecule has 0 aliphatic heterocycles. The monoisotopic (exact) mass is 276 g/mol. The maximum Gasteiger partial charge on any atom is 0.163 e. The Labute approximate surface area is 123 Å². The summed E-state index contributed by atoms with van der Waals surface area (Å²) in [6.45, 7) is 5.00. The molecule has 0 N–H and O–H groups in total. The highest BCUT2D eigenvalue weighted by atomic mass is 16.5. The van der Waals surface area contributed by atoms with Gasteiger partial charge in [-0.3, -0.25) is 4.79 Å². The Bertz CT molecular complexity index is 385. The maximum absolute atomic E-state index is 12.1. The van der Waals surface area contributed by atoms with Crippen LogP contribution in [-0.4, -0.2) is 12.4 Å². The summed E-state index contributed by atoms with van der Waals surface area (Å²) in [6.07, 6.45) is 8.93. The molecular formula is C18H28O2. The van der Waals surface area contributed by atoms with Crippen molar-refractivity contribution in [1.82, 2.24) is 0 Å². The van der Waals surface area contributed by atoms with Gasteiger partial charge in [-0.2, -0.15) is 0 Å². The standard InChI is InChI=1S/C18H28O2/c1-3-5-6-7-8-9-13-18(19)16-11-10-12-17(15-16)20-14-4-2/h10-12,15H,3-9,13-14H2,1-2H3. The number of carbonyl (C=O) groups excluding carboxylic acids is 1. The molecule has 0 aliphatic carbocycles. The van der Waals surface area contributed by atoms with Crippen LogP contribution in [-0.2, 0) is 0 Å². The third kappa shape index (κ3) is 6.74. The largest absolute Gasteiger partial charge is 0.494 e. The highest BCUT2D eigenvalue weighted by molar-refractivity contribution is 5.96. The molecule has 0 aliphatic rings. The van der Waals surface area contributed by atoms with Gasteiger partial charge in [0.25, 0.3) is 0 Å². The van der Waals surface area contributed by atoms with E-state index in [9.17, 15) is 4.79 Å². The molecule has 0 spiro atoms. The Kier molecular flexibility index (Phi) is 8.77. The van der Waals surface area contributed by atoms with Gasteiger partial charge in [0.2, 0.25) is 0 Å². The highest BCUT2D eigenvalue weighted by Gasteiger charge is 2.06. The van der Waals surface area contributed by atoms with Crippen LogP contribution < -0.4 is 4.74 Å². The molecule has 0 aromatic heterocycles. The van der Waals surface area contributed by atoms with Gasteiger partial charge < -0.3 is 4.74 Å².